The monoisotopic (exact) mass is 406 g/mol. The van der Waals surface area contributed by atoms with Gasteiger partial charge in [0.15, 0.2) is 0 Å². The summed E-state index contributed by atoms with van der Waals surface area (Å²) < 4.78 is 36.2. The van der Waals surface area contributed by atoms with Crippen LogP contribution in [-0.2, 0) is 14.8 Å². The Hall–Kier alpha value is -2.74. The van der Waals surface area contributed by atoms with Crippen molar-refractivity contribution in [1.29, 1.82) is 0 Å². The van der Waals surface area contributed by atoms with Crippen LogP contribution in [0.3, 0.4) is 0 Å². The summed E-state index contributed by atoms with van der Waals surface area (Å²) in [6, 6.07) is 14.1. The van der Waals surface area contributed by atoms with Crippen molar-refractivity contribution < 1.29 is 22.7 Å². The largest absolute Gasteiger partial charge is 0.497 e. The molecule has 0 aliphatic heterocycles. The highest BCUT2D eigenvalue weighted by Gasteiger charge is 2.25. The summed E-state index contributed by atoms with van der Waals surface area (Å²) in [6.45, 7) is 1.60. The van der Waals surface area contributed by atoms with E-state index in [1.807, 2.05) is 37.3 Å². The highest BCUT2D eigenvalue weighted by molar-refractivity contribution is 7.92. The first-order valence-corrected chi connectivity index (χ1v) is 10.7. The molecule has 28 heavy (non-hydrogen) atoms. The molecule has 0 saturated heterocycles. The Bertz CT molecular complexity index is 900. The van der Waals surface area contributed by atoms with Crippen LogP contribution >= 0.6 is 0 Å². The summed E-state index contributed by atoms with van der Waals surface area (Å²) in [7, 11) is -0.784. The van der Waals surface area contributed by atoms with Gasteiger partial charge in [-0.15, -0.1) is 0 Å². The normalized spacial score (nSPS) is 12.1. The van der Waals surface area contributed by atoms with E-state index in [9.17, 15) is 13.2 Å². The molecule has 2 aromatic carbocycles. The van der Waals surface area contributed by atoms with E-state index < -0.39 is 15.9 Å². The number of hydrogen-bond acceptors (Lipinski definition) is 5. The molecule has 1 atom stereocenters. The zero-order valence-corrected chi connectivity index (χ0v) is 17.3. The third-order valence-corrected chi connectivity index (χ3v) is 5.41. The van der Waals surface area contributed by atoms with Gasteiger partial charge in [-0.3, -0.25) is 9.10 Å². The summed E-state index contributed by atoms with van der Waals surface area (Å²) in [5.41, 5.74) is 1.24. The average Bonchev–Trinajstić information content (AvgIpc) is 2.69. The van der Waals surface area contributed by atoms with Crippen molar-refractivity contribution in [3.8, 4) is 11.5 Å². The van der Waals surface area contributed by atoms with Crippen molar-refractivity contribution in [3.05, 3.63) is 54.1 Å². The first-order valence-electron chi connectivity index (χ1n) is 8.84. The van der Waals surface area contributed by atoms with E-state index in [0.717, 1.165) is 16.1 Å². The maximum absolute atomic E-state index is 12.7. The molecular formula is C20H26N2O5S. The van der Waals surface area contributed by atoms with Gasteiger partial charge in [0, 0.05) is 6.07 Å². The third-order valence-electron chi connectivity index (χ3n) is 4.29. The molecule has 2 aromatic rings. The minimum atomic E-state index is -3.72. The Morgan fingerprint density at radius 1 is 1.11 bits per heavy atom. The lowest BCUT2D eigenvalue weighted by molar-refractivity contribution is -0.120. The second-order valence-electron chi connectivity index (χ2n) is 6.25. The Labute approximate surface area is 166 Å². The van der Waals surface area contributed by atoms with Crippen LogP contribution in [0.2, 0.25) is 0 Å². The van der Waals surface area contributed by atoms with Gasteiger partial charge in [-0.25, -0.2) is 8.42 Å². The highest BCUT2D eigenvalue weighted by atomic mass is 32.2. The molecule has 7 nitrogen and oxygen atoms in total. The SMILES string of the molecule is CC[C@H](NC(=O)CN(c1ccc(OC)cc1OC)S(C)(=O)=O)c1ccccc1. The fourth-order valence-electron chi connectivity index (χ4n) is 2.85. The lowest BCUT2D eigenvalue weighted by Gasteiger charge is -2.25. The minimum Gasteiger partial charge on any atom is -0.497 e. The van der Waals surface area contributed by atoms with Crippen molar-refractivity contribution in [1.82, 2.24) is 5.32 Å². The van der Waals surface area contributed by atoms with Gasteiger partial charge in [0.2, 0.25) is 15.9 Å². The van der Waals surface area contributed by atoms with E-state index in [0.29, 0.717) is 17.9 Å². The van der Waals surface area contributed by atoms with Crippen LogP contribution in [0, 0.1) is 0 Å². The molecule has 1 N–H and O–H groups in total. The van der Waals surface area contributed by atoms with Gasteiger partial charge in [-0.05, 0) is 24.1 Å². The van der Waals surface area contributed by atoms with E-state index in [1.54, 1.807) is 18.2 Å². The van der Waals surface area contributed by atoms with Crippen LogP contribution in [0.15, 0.2) is 48.5 Å². The van der Waals surface area contributed by atoms with Crippen LogP contribution in [0.1, 0.15) is 24.9 Å². The number of sulfonamides is 1. The fraction of sp³-hybridized carbons (Fsp3) is 0.350. The molecule has 2 rings (SSSR count). The van der Waals surface area contributed by atoms with E-state index in [-0.39, 0.29) is 18.3 Å². The van der Waals surface area contributed by atoms with Crippen LogP contribution in [0.5, 0.6) is 11.5 Å². The van der Waals surface area contributed by atoms with E-state index in [1.165, 1.54) is 14.2 Å². The van der Waals surface area contributed by atoms with Gasteiger partial charge < -0.3 is 14.8 Å². The number of amides is 1. The van der Waals surface area contributed by atoms with Crippen molar-refractivity contribution in [2.24, 2.45) is 0 Å². The van der Waals surface area contributed by atoms with Crippen LogP contribution < -0.4 is 19.1 Å². The number of nitrogens with zero attached hydrogens (tertiary/aromatic N) is 1. The summed E-state index contributed by atoms with van der Waals surface area (Å²) in [6.07, 6.45) is 1.74. The fourth-order valence-corrected chi connectivity index (χ4v) is 3.71. The summed E-state index contributed by atoms with van der Waals surface area (Å²) >= 11 is 0. The van der Waals surface area contributed by atoms with Crippen LogP contribution in [-0.4, -0.2) is 41.3 Å². The third kappa shape index (κ3) is 5.39. The quantitative estimate of drug-likeness (QED) is 0.692. The number of anilines is 1. The number of nitrogens with one attached hydrogen (secondary N) is 1. The average molecular weight is 407 g/mol. The second kappa shape index (κ2) is 9.45. The Morgan fingerprint density at radius 3 is 2.32 bits per heavy atom. The van der Waals surface area contributed by atoms with Gasteiger partial charge in [0.25, 0.3) is 0 Å². The molecule has 0 unspecified atom stereocenters. The topological polar surface area (TPSA) is 84.9 Å². The number of methoxy groups -OCH3 is 2. The van der Waals surface area contributed by atoms with Gasteiger partial charge in [0.1, 0.15) is 18.0 Å². The highest BCUT2D eigenvalue weighted by Crippen LogP contribution is 2.33. The molecule has 0 aliphatic carbocycles. The lowest BCUT2D eigenvalue weighted by atomic mass is 10.0. The van der Waals surface area contributed by atoms with Crippen molar-refractivity contribution in [2.45, 2.75) is 19.4 Å². The summed E-state index contributed by atoms with van der Waals surface area (Å²) in [5, 5.41) is 2.90. The van der Waals surface area contributed by atoms with Gasteiger partial charge in [0.05, 0.1) is 32.2 Å². The molecule has 1 amide bonds. The number of rotatable bonds is 9. The lowest BCUT2D eigenvalue weighted by Crippen LogP contribution is -2.41. The summed E-state index contributed by atoms with van der Waals surface area (Å²) in [5.74, 6) is 0.417. The maximum atomic E-state index is 12.7. The first-order chi connectivity index (χ1) is 13.3. The van der Waals surface area contributed by atoms with Crippen molar-refractivity contribution >= 4 is 21.6 Å². The van der Waals surface area contributed by atoms with Gasteiger partial charge >= 0.3 is 0 Å². The Balaban J connectivity index is 2.27. The van der Waals surface area contributed by atoms with Crippen molar-refractivity contribution in [3.63, 3.8) is 0 Å². The predicted molar refractivity (Wildman–Crippen MR) is 109 cm³/mol. The Kier molecular flexibility index (Phi) is 7.28. The molecule has 0 aromatic heterocycles. The van der Waals surface area contributed by atoms with E-state index >= 15 is 0 Å². The minimum absolute atomic E-state index is 0.201. The van der Waals surface area contributed by atoms with Crippen molar-refractivity contribution in [2.75, 3.05) is 31.3 Å². The zero-order valence-electron chi connectivity index (χ0n) is 16.5. The van der Waals surface area contributed by atoms with E-state index in [2.05, 4.69) is 5.32 Å². The molecular weight excluding hydrogens is 380 g/mol. The zero-order chi connectivity index (χ0) is 20.7. The predicted octanol–water partition coefficient (Wildman–Crippen LogP) is 2.74. The molecule has 0 bridgehead atoms. The van der Waals surface area contributed by atoms with Crippen LogP contribution in [0.25, 0.3) is 0 Å². The smallest absolute Gasteiger partial charge is 0.241 e. The molecule has 0 aliphatic rings. The molecule has 0 spiro atoms. The molecule has 8 heteroatoms. The number of ether oxygens (including phenoxy) is 2. The maximum Gasteiger partial charge on any atom is 0.241 e. The van der Waals surface area contributed by atoms with Crippen LogP contribution in [0.4, 0.5) is 5.69 Å². The first kappa shape index (κ1) is 21.6. The number of carbonyl (C=O) groups excluding carboxylic acids is 1. The molecule has 0 fully saturated rings. The molecule has 0 saturated carbocycles. The number of benzene rings is 2. The second-order valence-corrected chi connectivity index (χ2v) is 8.15. The molecule has 0 radical (unpaired) electrons. The number of carbonyl (C=O) groups is 1. The Morgan fingerprint density at radius 2 is 1.79 bits per heavy atom. The molecule has 0 heterocycles. The van der Waals surface area contributed by atoms with Gasteiger partial charge in [-0.1, -0.05) is 37.3 Å². The standard InChI is InChI=1S/C20H26N2O5S/c1-5-17(15-9-7-6-8-10-15)21-20(23)14-22(28(4,24)25)18-12-11-16(26-2)13-19(18)27-3/h6-13,17H,5,14H2,1-4H3,(H,21,23)/t17-/m0/s1. The number of hydrogen-bond donors (Lipinski definition) is 1. The van der Waals surface area contributed by atoms with Gasteiger partial charge in [-0.2, -0.15) is 0 Å². The summed E-state index contributed by atoms with van der Waals surface area (Å²) in [4.78, 5) is 12.7. The molecule has 152 valence electrons. The van der Waals surface area contributed by atoms with E-state index in [4.69, 9.17) is 9.47 Å².